The molecule has 6 heteroatoms. The van der Waals surface area contributed by atoms with E-state index in [9.17, 15) is 14.7 Å². The Kier molecular flexibility index (Phi) is 3.91. The molecule has 2 aliphatic heterocycles. The molecule has 0 saturated carbocycles. The Morgan fingerprint density at radius 1 is 1.38 bits per heavy atom. The molecule has 2 N–H and O–H groups in total. The monoisotopic (exact) mass is 307 g/mol. The number of fused-ring (bicyclic) bond motifs is 1. The third kappa shape index (κ3) is 2.65. The van der Waals surface area contributed by atoms with Gasteiger partial charge in [-0.15, -0.1) is 0 Å². The minimum Gasteiger partial charge on any atom is -0.479 e. The van der Waals surface area contributed by atoms with Crippen LogP contribution >= 0.6 is 11.8 Å². The van der Waals surface area contributed by atoms with Crippen molar-refractivity contribution in [2.75, 3.05) is 18.1 Å². The van der Waals surface area contributed by atoms with E-state index in [0.29, 0.717) is 18.8 Å². The first-order valence-electron chi connectivity index (χ1n) is 6.95. The standard InChI is InChI=1S/C15H17NO4S/c17-13(16-15(14(18)19)6-8-21-9-15)12-11-4-2-1-3-10(11)5-7-20-12/h1-4,12H,5-9H2,(H,16,17)(H,18,19)/t12-,15+/m0/s1. The van der Waals surface area contributed by atoms with Gasteiger partial charge >= 0.3 is 5.97 Å². The molecular weight excluding hydrogens is 290 g/mol. The molecule has 3 rings (SSSR count). The largest absolute Gasteiger partial charge is 0.479 e. The summed E-state index contributed by atoms with van der Waals surface area (Å²) in [6, 6.07) is 7.66. The Labute approximate surface area is 127 Å². The molecule has 0 aromatic heterocycles. The molecule has 0 radical (unpaired) electrons. The highest BCUT2D eigenvalue weighted by molar-refractivity contribution is 7.99. The molecule has 1 saturated heterocycles. The number of nitrogens with one attached hydrogen (secondary N) is 1. The van der Waals surface area contributed by atoms with Crippen LogP contribution in [0.2, 0.25) is 0 Å². The fourth-order valence-electron chi connectivity index (χ4n) is 2.80. The van der Waals surface area contributed by atoms with E-state index in [4.69, 9.17) is 4.74 Å². The van der Waals surface area contributed by atoms with Crippen LogP contribution < -0.4 is 5.32 Å². The van der Waals surface area contributed by atoms with E-state index in [0.717, 1.165) is 23.3 Å². The number of amides is 1. The lowest BCUT2D eigenvalue weighted by Crippen LogP contribution is -2.56. The summed E-state index contributed by atoms with van der Waals surface area (Å²) in [5.74, 6) is -0.172. The SMILES string of the molecule is O=C(N[C@]1(C(=O)O)CCSC1)[C@H]1OCCc2ccccc21. The van der Waals surface area contributed by atoms with E-state index in [1.165, 1.54) is 0 Å². The van der Waals surface area contributed by atoms with Crippen molar-refractivity contribution in [2.45, 2.75) is 24.5 Å². The van der Waals surface area contributed by atoms with E-state index in [2.05, 4.69) is 5.32 Å². The van der Waals surface area contributed by atoms with Crippen molar-refractivity contribution in [3.8, 4) is 0 Å². The number of carboxylic acids is 1. The Morgan fingerprint density at radius 2 is 2.19 bits per heavy atom. The van der Waals surface area contributed by atoms with Gasteiger partial charge in [0.05, 0.1) is 6.61 Å². The van der Waals surface area contributed by atoms with E-state index >= 15 is 0 Å². The summed E-state index contributed by atoms with van der Waals surface area (Å²) >= 11 is 1.55. The summed E-state index contributed by atoms with van der Waals surface area (Å²) in [5.41, 5.74) is 0.777. The van der Waals surface area contributed by atoms with Gasteiger partial charge in [-0.25, -0.2) is 4.79 Å². The molecule has 0 aliphatic carbocycles. The fourth-order valence-corrected chi connectivity index (χ4v) is 4.12. The lowest BCUT2D eigenvalue weighted by atomic mass is 9.94. The quantitative estimate of drug-likeness (QED) is 0.882. The Balaban J connectivity index is 1.82. The molecule has 1 fully saturated rings. The van der Waals surface area contributed by atoms with Crippen molar-refractivity contribution >= 4 is 23.6 Å². The molecule has 2 heterocycles. The molecule has 112 valence electrons. The molecule has 1 aromatic carbocycles. The van der Waals surface area contributed by atoms with Crippen LogP contribution in [0.5, 0.6) is 0 Å². The lowest BCUT2D eigenvalue weighted by Gasteiger charge is -2.30. The minimum atomic E-state index is -1.16. The maximum atomic E-state index is 12.5. The molecule has 0 bridgehead atoms. The maximum absolute atomic E-state index is 12.5. The highest BCUT2D eigenvalue weighted by Gasteiger charge is 2.45. The summed E-state index contributed by atoms with van der Waals surface area (Å²) in [7, 11) is 0. The molecule has 1 amide bonds. The predicted molar refractivity (Wildman–Crippen MR) is 79.3 cm³/mol. The van der Waals surface area contributed by atoms with Crippen LogP contribution in [0.15, 0.2) is 24.3 Å². The summed E-state index contributed by atoms with van der Waals surface area (Å²) in [6.45, 7) is 0.476. The van der Waals surface area contributed by atoms with Gasteiger partial charge in [-0.1, -0.05) is 24.3 Å². The Hall–Kier alpha value is -1.53. The third-order valence-electron chi connectivity index (χ3n) is 4.03. The number of hydrogen-bond donors (Lipinski definition) is 2. The smallest absolute Gasteiger partial charge is 0.330 e. The van der Waals surface area contributed by atoms with Gasteiger partial charge in [0.2, 0.25) is 0 Å². The first-order valence-corrected chi connectivity index (χ1v) is 8.10. The van der Waals surface area contributed by atoms with Gasteiger partial charge in [0.25, 0.3) is 5.91 Å². The van der Waals surface area contributed by atoms with Crippen molar-refractivity contribution < 1.29 is 19.4 Å². The number of ether oxygens (including phenoxy) is 1. The van der Waals surface area contributed by atoms with Gasteiger partial charge in [0, 0.05) is 5.75 Å². The van der Waals surface area contributed by atoms with Crippen LogP contribution in [0.1, 0.15) is 23.7 Å². The second-order valence-corrected chi connectivity index (χ2v) is 6.48. The van der Waals surface area contributed by atoms with Crippen molar-refractivity contribution in [1.29, 1.82) is 0 Å². The zero-order valence-electron chi connectivity index (χ0n) is 11.5. The average Bonchev–Trinajstić information content (AvgIpc) is 2.96. The van der Waals surface area contributed by atoms with Crippen LogP contribution in [0, 0.1) is 0 Å². The lowest BCUT2D eigenvalue weighted by molar-refractivity contribution is -0.149. The first kappa shape index (κ1) is 14.4. The minimum absolute atomic E-state index is 0.355. The number of benzene rings is 1. The third-order valence-corrected chi connectivity index (χ3v) is 5.21. The van der Waals surface area contributed by atoms with Gasteiger partial charge in [0.15, 0.2) is 6.10 Å². The van der Waals surface area contributed by atoms with Crippen LogP contribution in [-0.4, -0.2) is 40.6 Å². The normalized spacial score (nSPS) is 27.9. The zero-order chi connectivity index (χ0) is 14.9. The average molecular weight is 307 g/mol. The second-order valence-electron chi connectivity index (χ2n) is 5.38. The van der Waals surface area contributed by atoms with Crippen LogP contribution in [0.4, 0.5) is 0 Å². The first-order chi connectivity index (χ1) is 10.1. The highest BCUT2D eigenvalue weighted by atomic mass is 32.2. The van der Waals surface area contributed by atoms with E-state index in [1.54, 1.807) is 11.8 Å². The van der Waals surface area contributed by atoms with Gasteiger partial charge < -0.3 is 15.2 Å². The van der Waals surface area contributed by atoms with E-state index < -0.39 is 17.6 Å². The zero-order valence-corrected chi connectivity index (χ0v) is 12.3. The van der Waals surface area contributed by atoms with Crippen molar-refractivity contribution in [2.24, 2.45) is 0 Å². The van der Waals surface area contributed by atoms with Crippen LogP contribution in [0.25, 0.3) is 0 Å². The van der Waals surface area contributed by atoms with E-state index in [1.807, 2.05) is 24.3 Å². The topological polar surface area (TPSA) is 75.6 Å². The number of carbonyl (C=O) groups is 2. The predicted octanol–water partition coefficient (Wildman–Crippen LogP) is 1.38. The Morgan fingerprint density at radius 3 is 2.90 bits per heavy atom. The van der Waals surface area contributed by atoms with Crippen molar-refractivity contribution in [3.05, 3.63) is 35.4 Å². The van der Waals surface area contributed by atoms with Gasteiger partial charge in [-0.3, -0.25) is 4.79 Å². The molecule has 2 atom stereocenters. The van der Waals surface area contributed by atoms with Crippen molar-refractivity contribution in [1.82, 2.24) is 5.32 Å². The van der Waals surface area contributed by atoms with Crippen LogP contribution in [0.3, 0.4) is 0 Å². The van der Waals surface area contributed by atoms with Crippen LogP contribution in [-0.2, 0) is 20.7 Å². The van der Waals surface area contributed by atoms with Crippen molar-refractivity contribution in [3.63, 3.8) is 0 Å². The molecule has 5 nitrogen and oxygen atoms in total. The molecule has 0 spiro atoms. The number of carbonyl (C=O) groups excluding carboxylic acids is 1. The molecule has 1 aromatic rings. The Bertz CT molecular complexity index is 569. The van der Waals surface area contributed by atoms with Gasteiger partial charge in [0.1, 0.15) is 5.54 Å². The molecular formula is C15H17NO4S. The van der Waals surface area contributed by atoms with Gasteiger partial charge in [-0.2, -0.15) is 11.8 Å². The highest BCUT2D eigenvalue weighted by Crippen LogP contribution is 2.31. The number of thioether (sulfide) groups is 1. The second kappa shape index (κ2) is 5.69. The summed E-state index contributed by atoms with van der Waals surface area (Å²) in [6.07, 6.45) is 0.518. The number of aliphatic carboxylic acids is 1. The summed E-state index contributed by atoms with van der Waals surface area (Å²) in [5, 5.41) is 12.2. The van der Waals surface area contributed by atoms with E-state index in [-0.39, 0.29) is 5.91 Å². The summed E-state index contributed by atoms with van der Waals surface area (Å²) < 4.78 is 5.59. The number of hydrogen-bond acceptors (Lipinski definition) is 4. The molecule has 0 unspecified atom stereocenters. The molecule has 2 aliphatic rings. The van der Waals surface area contributed by atoms with Gasteiger partial charge in [-0.05, 0) is 29.7 Å². The number of carboxylic acid groups (broad SMARTS) is 1. The number of rotatable bonds is 3. The fraction of sp³-hybridized carbons (Fsp3) is 0.467. The summed E-state index contributed by atoms with van der Waals surface area (Å²) in [4.78, 5) is 24.0. The molecule has 21 heavy (non-hydrogen) atoms. The maximum Gasteiger partial charge on any atom is 0.330 e.